The number of nitrogens with zero attached hydrogens (tertiary/aromatic N) is 4. The van der Waals surface area contributed by atoms with Gasteiger partial charge in [0.25, 0.3) is 5.91 Å². The first-order valence-electron chi connectivity index (χ1n) is 13.4. The second-order valence-corrected chi connectivity index (χ2v) is 10.6. The van der Waals surface area contributed by atoms with Crippen molar-refractivity contribution >= 4 is 34.7 Å². The van der Waals surface area contributed by atoms with E-state index in [9.17, 15) is 38.2 Å². The summed E-state index contributed by atoms with van der Waals surface area (Å²) in [6, 6.07) is 0.461. The Morgan fingerprint density at radius 1 is 1.02 bits per heavy atom. The van der Waals surface area contributed by atoms with E-state index in [1.165, 1.54) is 36.6 Å². The SMILES string of the molecule is C[C@@H](C(=O)N[C@H](C(=O)N1CCN(C(=O)c2cc3c(O)c(F)c(F)cc3n2C)CC1)C1CCCCC1)N(C)C(=O)O. The molecule has 2 fully saturated rings. The van der Waals surface area contributed by atoms with Gasteiger partial charge in [-0.3, -0.25) is 19.3 Å². The Hall–Kier alpha value is -3.90. The number of nitrogens with one attached hydrogen (secondary N) is 1. The summed E-state index contributed by atoms with van der Waals surface area (Å²) in [5.74, 6) is -4.76. The number of carbonyl (C=O) groups is 4. The van der Waals surface area contributed by atoms with E-state index in [1.807, 2.05) is 0 Å². The van der Waals surface area contributed by atoms with Gasteiger partial charge in [0.2, 0.25) is 17.6 Å². The Bertz CT molecular complexity index is 1320. The van der Waals surface area contributed by atoms with Crippen molar-refractivity contribution in [2.24, 2.45) is 13.0 Å². The zero-order valence-corrected chi connectivity index (χ0v) is 22.8. The molecule has 4 amide bonds. The van der Waals surface area contributed by atoms with Crippen molar-refractivity contribution in [2.45, 2.75) is 51.1 Å². The number of benzene rings is 1. The topological polar surface area (TPSA) is 135 Å². The van der Waals surface area contributed by atoms with Gasteiger partial charge in [-0.05, 0) is 31.7 Å². The van der Waals surface area contributed by atoms with Crippen LogP contribution in [0.25, 0.3) is 10.9 Å². The van der Waals surface area contributed by atoms with Crippen molar-refractivity contribution < 1.29 is 38.2 Å². The fourth-order valence-corrected chi connectivity index (χ4v) is 5.55. The van der Waals surface area contributed by atoms with Crippen LogP contribution in [0.1, 0.15) is 49.5 Å². The highest BCUT2D eigenvalue weighted by molar-refractivity contribution is 6.00. The van der Waals surface area contributed by atoms with E-state index in [4.69, 9.17) is 0 Å². The predicted octanol–water partition coefficient (Wildman–Crippen LogP) is 2.51. The number of aryl methyl sites for hydroxylation is 1. The summed E-state index contributed by atoms with van der Waals surface area (Å²) in [5.41, 5.74) is 0.307. The maximum atomic E-state index is 13.9. The molecule has 1 saturated heterocycles. The second-order valence-electron chi connectivity index (χ2n) is 10.6. The highest BCUT2D eigenvalue weighted by Gasteiger charge is 2.37. The number of amides is 4. The number of phenolic OH excluding ortho intramolecular Hbond substituents is 1. The van der Waals surface area contributed by atoms with Crippen LogP contribution in [0.5, 0.6) is 5.75 Å². The van der Waals surface area contributed by atoms with Crippen LogP contribution < -0.4 is 5.32 Å². The van der Waals surface area contributed by atoms with Gasteiger partial charge >= 0.3 is 6.09 Å². The lowest BCUT2D eigenvalue weighted by Gasteiger charge is -2.39. The average Bonchev–Trinajstić information content (AvgIpc) is 3.29. The van der Waals surface area contributed by atoms with Crippen LogP contribution in [0.3, 0.4) is 0 Å². The van der Waals surface area contributed by atoms with Gasteiger partial charge < -0.3 is 29.9 Å². The van der Waals surface area contributed by atoms with Gasteiger partial charge in [-0.15, -0.1) is 0 Å². The molecule has 13 heteroatoms. The minimum absolute atomic E-state index is 0.0207. The number of phenols is 1. The third-order valence-corrected chi connectivity index (χ3v) is 8.26. The zero-order valence-electron chi connectivity index (χ0n) is 22.8. The van der Waals surface area contributed by atoms with Gasteiger partial charge in [0.1, 0.15) is 17.8 Å². The number of piperazine rings is 1. The molecule has 0 bridgehead atoms. The Kier molecular flexibility index (Phi) is 8.50. The smallest absolute Gasteiger partial charge is 0.407 e. The lowest BCUT2D eigenvalue weighted by atomic mass is 9.83. The van der Waals surface area contributed by atoms with Crippen molar-refractivity contribution in [3.63, 3.8) is 0 Å². The van der Waals surface area contributed by atoms with Crippen LogP contribution >= 0.6 is 0 Å². The van der Waals surface area contributed by atoms with Crippen molar-refractivity contribution in [3.05, 3.63) is 29.5 Å². The molecule has 1 aromatic carbocycles. The summed E-state index contributed by atoms with van der Waals surface area (Å²) in [7, 11) is 2.82. The molecule has 2 atom stereocenters. The van der Waals surface area contributed by atoms with Crippen LogP contribution in [0.2, 0.25) is 0 Å². The number of hydrogen-bond acceptors (Lipinski definition) is 5. The number of halogens is 2. The third kappa shape index (κ3) is 5.54. The van der Waals surface area contributed by atoms with Gasteiger partial charge in [0.15, 0.2) is 11.6 Å². The molecule has 1 aliphatic heterocycles. The summed E-state index contributed by atoms with van der Waals surface area (Å²) in [5, 5.41) is 22.1. The van der Waals surface area contributed by atoms with Crippen LogP contribution in [-0.4, -0.2) is 98.6 Å². The van der Waals surface area contributed by atoms with Crippen LogP contribution in [0, 0.1) is 17.6 Å². The number of hydrogen-bond donors (Lipinski definition) is 3. The van der Waals surface area contributed by atoms with Crippen molar-refractivity contribution in [1.29, 1.82) is 0 Å². The van der Waals surface area contributed by atoms with Gasteiger partial charge in [0, 0.05) is 51.7 Å². The molecular weight excluding hydrogens is 528 g/mol. The van der Waals surface area contributed by atoms with Crippen LogP contribution in [0.15, 0.2) is 12.1 Å². The third-order valence-electron chi connectivity index (χ3n) is 8.26. The van der Waals surface area contributed by atoms with Gasteiger partial charge in [-0.2, -0.15) is 4.39 Å². The maximum Gasteiger partial charge on any atom is 0.407 e. The lowest BCUT2D eigenvalue weighted by Crippen LogP contribution is -2.59. The molecule has 40 heavy (non-hydrogen) atoms. The normalized spacial score (nSPS) is 17.9. The number of carbonyl (C=O) groups excluding carboxylic acids is 3. The minimum atomic E-state index is -1.38. The molecule has 4 rings (SSSR count). The van der Waals surface area contributed by atoms with E-state index < -0.39 is 47.4 Å². The largest absolute Gasteiger partial charge is 0.504 e. The average molecular weight is 564 g/mol. The zero-order chi connectivity index (χ0) is 29.3. The van der Waals surface area contributed by atoms with Crippen molar-refractivity contribution in [3.8, 4) is 5.75 Å². The van der Waals surface area contributed by atoms with E-state index in [1.54, 1.807) is 4.90 Å². The standard InChI is InChI=1S/C27H35F2N5O6/c1-15(31(2)27(39)40)24(36)30-22(16-7-5-4-6-8-16)26(38)34-11-9-33(10-12-34)25(37)20-13-17-19(32(20)3)14-18(28)21(29)23(17)35/h13-16,22,35H,4-12H2,1-3H3,(H,30,36)(H,39,40)/t15-,22-/m0/s1. The number of rotatable bonds is 6. The number of likely N-dealkylation sites (N-methyl/N-ethyl adjacent to an activating group) is 1. The van der Waals surface area contributed by atoms with E-state index in [2.05, 4.69) is 5.32 Å². The summed E-state index contributed by atoms with van der Waals surface area (Å²) in [6.45, 7) is 2.29. The van der Waals surface area contributed by atoms with Gasteiger partial charge in [-0.25, -0.2) is 9.18 Å². The Morgan fingerprint density at radius 3 is 2.23 bits per heavy atom. The molecule has 1 aromatic heterocycles. The molecule has 11 nitrogen and oxygen atoms in total. The quantitative estimate of drug-likeness (QED) is 0.494. The number of fused-ring (bicyclic) bond motifs is 1. The summed E-state index contributed by atoms with van der Waals surface area (Å²) in [6.07, 6.45) is 3.22. The van der Waals surface area contributed by atoms with Crippen molar-refractivity contribution in [2.75, 3.05) is 33.2 Å². The van der Waals surface area contributed by atoms with E-state index in [0.717, 1.165) is 43.1 Å². The summed E-state index contributed by atoms with van der Waals surface area (Å²) in [4.78, 5) is 55.2. The number of aromatic hydroxyl groups is 1. The van der Waals surface area contributed by atoms with E-state index in [-0.39, 0.29) is 54.6 Å². The molecule has 0 spiro atoms. The van der Waals surface area contributed by atoms with Crippen LogP contribution in [0.4, 0.5) is 13.6 Å². The highest BCUT2D eigenvalue weighted by Crippen LogP contribution is 2.33. The predicted molar refractivity (Wildman–Crippen MR) is 141 cm³/mol. The number of carboxylic acid groups (broad SMARTS) is 1. The molecule has 1 saturated carbocycles. The number of aromatic nitrogens is 1. The summed E-state index contributed by atoms with van der Waals surface area (Å²) >= 11 is 0. The second kappa shape index (κ2) is 11.7. The maximum absolute atomic E-state index is 13.9. The molecule has 0 unspecified atom stereocenters. The molecule has 218 valence electrons. The fourth-order valence-electron chi connectivity index (χ4n) is 5.55. The molecule has 2 heterocycles. The first kappa shape index (κ1) is 29.1. The molecular formula is C27H35F2N5O6. The first-order valence-corrected chi connectivity index (χ1v) is 13.4. The Morgan fingerprint density at radius 2 is 1.62 bits per heavy atom. The first-order chi connectivity index (χ1) is 18.9. The molecule has 2 aromatic rings. The van der Waals surface area contributed by atoms with Crippen molar-refractivity contribution in [1.82, 2.24) is 24.6 Å². The highest BCUT2D eigenvalue weighted by atomic mass is 19.2. The van der Waals surface area contributed by atoms with Gasteiger partial charge in [-0.1, -0.05) is 19.3 Å². The van der Waals surface area contributed by atoms with Gasteiger partial charge in [0.05, 0.1) is 5.52 Å². The minimum Gasteiger partial charge on any atom is -0.504 e. The van der Waals surface area contributed by atoms with E-state index in [0.29, 0.717) is 0 Å². The monoisotopic (exact) mass is 563 g/mol. The van der Waals surface area contributed by atoms with Crippen LogP contribution in [-0.2, 0) is 16.6 Å². The Balaban J connectivity index is 1.46. The summed E-state index contributed by atoms with van der Waals surface area (Å²) < 4.78 is 29.1. The molecule has 0 radical (unpaired) electrons. The Labute approximate surface area is 230 Å². The lowest BCUT2D eigenvalue weighted by molar-refractivity contribution is -0.140. The fraction of sp³-hybridized carbons (Fsp3) is 0.556. The molecule has 1 aliphatic carbocycles. The molecule has 2 aliphatic rings. The van der Waals surface area contributed by atoms with E-state index >= 15 is 0 Å². The molecule has 3 N–H and O–H groups in total.